The van der Waals surface area contributed by atoms with Gasteiger partial charge in [0, 0.05) is 36.9 Å². The Kier molecular flexibility index (Phi) is 6.53. The van der Waals surface area contributed by atoms with Gasteiger partial charge in [0.15, 0.2) is 0 Å². The second kappa shape index (κ2) is 9.67. The number of aromatic nitrogens is 3. The SMILES string of the molecule is CCOc1ccccc1-c1nc(CC(=O)NC2CCN(c3ncccn3)CC2)cs1. The molecule has 0 radical (unpaired) electrons. The number of rotatable bonds is 7. The first kappa shape index (κ1) is 20.3. The highest BCUT2D eigenvalue weighted by molar-refractivity contribution is 7.13. The number of para-hydroxylation sites is 1. The van der Waals surface area contributed by atoms with E-state index in [1.54, 1.807) is 12.4 Å². The van der Waals surface area contributed by atoms with Crippen molar-refractivity contribution in [2.75, 3.05) is 24.6 Å². The number of thiazole rings is 1. The van der Waals surface area contributed by atoms with E-state index in [2.05, 4.69) is 25.2 Å². The zero-order chi connectivity index (χ0) is 20.8. The quantitative estimate of drug-likeness (QED) is 0.628. The molecule has 0 atom stereocenters. The highest BCUT2D eigenvalue weighted by atomic mass is 32.1. The Morgan fingerprint density at radius 1 is 1.20 bits per heavy atom. The normalized spacial score (nSPS) is 14.5. The average Bonchev–Trinajstić information content (AvgIpc) is 3.23. The lowest BCUT2D eigenvalue weighted by Crippen LogP contribution is -2.45. The van der Waals surface area contributed by atoms with Crippen molar-refractivity contribution >= 4 is 23.2 Å². The van der Waals surface area contributed by atoms with Crippen molar-refractivity contribution in [1.82, 2.24) is 20.3 Å². The van der Waals surface area contributed by atoms with Crippen molar-refractivity contribution in [3.8, 4) is 16.3 Å². The molecular formula is C22H25N5O2S. The van der Waals surface area contributed by atoms with E-state index in [1.807, 2.05) is 42.6 Å². The Labute approximate surface area is 180 Å². The Morgan fingerprint density at radius 2 is 1.97 bits per heavy atom. The lowest BCUT2D eigenvalue weighted by molar-refractivity contribution is -0.121. The summed E-state index contributed by atoms with van der Waals surface area (Å²) in [5.41, 5.74) is 1.75. The summed E-state index contributed by atoms with van der Waals surface area (Å²) in [6.45, 7) is 4.24. The maximum absolute atomic E-state index is 12.5. The molecule has 156 valence electrons. The van der Waals surface area contributed by atoms with Crippen molar-refractivity contribution in [3.63, 3.8) is 0 Å². The smallest absolute Gasteiger partial charge is 0.226 e. The van der Waals surface area contributed by atoms with Crippen molar-refractivity contribution in [2.24, 2.45) is 0 Å². The number of nitrogens with zero attached hydrogens (tertiary/aromatic N) is 4. The first-order valence-corrected chi connectivity index (χ1v) is 11.1. The van der Waals surface area contributed by atoms with Crippen LogP contribution in [0.1, 0.15) is 25.5 Å². The largest absolute Gasteiger partial charge is 0.493 e. The molecule has 0 aliphatic carbocycles. The van der Waals surface area contributed by atoms with E-state index in [4.69, 9.17) is 4.74 Å². The molecule has 7 nitrogen and oxygen atoms in total. The van der Waals surface area contributed by atoms with Crippen molar-refractivity contribution in [2.45, 2.75) is 32.2 Å². The molecule has 1 amide bonds. The number of carbonyl (C=O) groups is 1. The third-order valence-electron chi connectivity index (χ3n) is 5.01. The van der Waals surface area contributed by atoms with E-state index in [0.717, 1.165) is 53.9 Å². The molecule has 30 heavy (non-hydrogen) atoms. The summed E-state index contributed by atoms with van der Waals surface area (Å²) in [4.78, 5) is 28.0. The van der Waals surface area contributed by atoms with Gasteiger partial charge in [-0.15, -0.1) is 11.3 Å². The van der Waals surface area contributed by atoms with E-state index in [9.17, 15) is 4.79 Å². The third-order valence-corrected chi connectivity index (χ3v) is 5.93. The molecule has 2 aromatic heterocycles. The maximum Gasteiger partial charge on any atom is 0.226 e. The maximum atomic E-state index is 12.5. The van der Waals surface area contributed by atoms with Gasteiger partial charge in [0.05, 0.1) is 24.3 Å². The van der Waals surface area contributed by atoms with Gasteiger partial charge in [0.2, 0.25) is 11.9 Å². The zero-order valence-electron chi connectivity index (χ0n) is 17.0. The summed E-state index contributed by atoms with van der Waals surface area (Å²) in [5, 5.41) is 5.98. The minimum absolute atomic E-state index is 0.0133. The molecular weight excluding hydrogens is 398 g/mol. The van der Waals surface area contributed by atoms with Gasteiger partial charge in [-0.25, -0.2) is 15.0 Å². The van der Waals surface area contributed by atoms with Crippen LogP contribution in [0.3, 0.4) is 0 Å². The second-order valence-electron chi connectivity index (χ2n) is 7.13. The van der Waals surface area contributed by atoms with Crippen LogP contribution in [0.2, 0.25) is 0 Å². The average molecular weight is 424 g/mol. The van der Waals surface area contributed by atoms with Gasteiger partial charge in [0.25, 0.3) is 0 Å². The van der Waals surface area contributed by atoms with Crippen molar-refractivity contribution in [1.29, 1.82) is 0 Å². The standard InChI is InChI=1S/C22H25N5O2S/c1-2-29-19-7-4-3-6-18(19)21-26-17(15-30-21)14-20(28)25-16-8-12-27(13-9-16)22-23-10-5-11-24-22/h3-7,10-11,15-16H,2,8-9,12-14H2,1H3,(H,25,28). The van der Waals surface area contributed by atoms with E-state index in [1.165, 1.54) is 11.3 Å². The lowest BCUT2D eigenvalue weighted by atomic mass is 10.1. The molecule has 1 aliphatic rings. The van der Waals surface area contributed by atoms with Gasteiger partial charge in [-0.3, -0.25) is 4.79 Å². The fourth-order valence-electron chi connectivity index (χ4n) is 3.56. The molecule has 1 aromatic carbocycles. The van der Waals surface area contributed by atoms with Crippen LogP contribution in [0.5, 0.6) is 5.75 Å². The summed E-state index contributed by atoms with van der Waals surface area (Å²) >= 11 is 1.54. The Balaban J connectivity index is 1.30. The van der Waals surface area contributed by atoms with Gasteiger partial charge in [-0.05, 0) is 38.0 Å². The molecule has 0 saturated carbocycles. The van der Waals surface area contributed by atoms with Gasteiger partial charge in [-0.2, -0.15) is 0 Å². The Bertz CT molecular complexity index is 970. The monoisotopic (exact) mass is 423 g/mol. The number of nitrogens with one attached hydrogen (secondary N) is 1. The van der Waals surface area contributed by atoms with Crippen LogP contribution in [0.25, 0.3) is 10.6 Å². The lowest BCUT2D eigenvalue weighted by Gasteiger charge is -2.32. The summed E-state index contributed by atoms with van der Waals surface area (Å²) in [5.74, 6) is 1.59. The molecule has 1 saturated heterocycles. The third kappa shape index (κ3) is 4.94. The number of hydrogen-bond donors (Lipinski definition) is 1. The molecule has 1 aliphatic heterocycles. The van der Waals surface area contributed by atoms with Crippen LogP contribution in [-0.4, -0.2) is 46.6 Å². The number of hydrogen-bond acceptors (Lipinski definition) is 7. The number of benzene rings is 1. The first-order valence-electron chi connectivity index (χ1n) is 10.2. The number of anilines is 1. The van der Waals surface area contributed by atoms with Crippen LogP contribution >= 0.6 is 11.3 Å². The summed E-state index contributed by atoms with van der Waals surface area (Å²) in [7, 11) is 0. The minimum atomic E-state index is 0.0133. The van der Waals surface area contributed by atoms with E-state index in [0.29, 0.717) is 6.61 Å². The zero-order valence-corrected chi connectivity index (χ0v) is 17.8. The van der Waals surface area contributed by atoms with Crippen LogP contribution in [0.4, 0.5) is 5.95 Å². The summed E-state index contributed by atoms with van der Waals surface area (Å²) in [6.07, 6.45) is 5.56. The first-order chi connectivity index (χ1) is 14.7. The minimum Gasteiger partial charge on any atom is -0.493 e. The topological polar surface area (TPSA) is 80.2 Å². The highest BCUT2D eigenvalue weighted by Crippen LogP contribution is 2.32. The number of piperidine rings is 1. The molecule has 8 heteroatoms. The van der Waals surface area contributed by atoms with Gasteiger partial charge in [0.1, 0.15) is 10.8 Å². The van der Waals surface area contributed by atoms with Gasteiger partial charge >= 0.3 is 0 Å². The van der Waals surface area contributed by atoms with Crippen LogP contribution in [0.15, 0.2) is 48.1 Å². The van der Waals surface area contributed by atoms with E-state index in [-0.39, 0.29) is 18.4 Å². The highest BCUT2D eigenvalue weighted by Gasteiger charge is 2.22. The summed E-state index contributed by atoms with van der Waals surface area (Å²) < 4.78 is 5.70. The fraction of sp³-hybridized carbons (Fsp3) is 0.364. The molecule has 0 unspecified atom stereocenters. The molecule has 3 aromatic rings. The van der Waals surface area contributed by atoms with Gasteiger partial charge in [-0.1, -0.05) is 12.1 Å². The molecule has 4 rings (SSSR count). The molecule has 3 heterocycles. The van der Waals surface area contributed by atoms with E-state index >= 15 is 0 Å². The molecule has 0 bridgehead atoms. The Morgan fingerprint density at radius 3 is 2.73 bits per heavy atom. The number of amides is 1. The fourth-order valence-corrected chi connectivity index (χ4v) is 4.41. The van der Waals surface area contributed by atoms with Crippen LogP contribution < -0.4 is 15.0 Å². The van der Waals surface area contributed by atoms with Crippen LogP contribution in [-0.2, 0) is 11.2 Å². The van der Waals surface area contributed by atoms with Crippen molar-refractivity contribution in [3.05, 3.63) is 53.8 Å². The predicted molar refractivity (Wildman–Crippen MR) is 118 cm³/mol. The molecule has 1 N–H and O–H groups in total. The molecule has 0 spiro atoms. The number of carbonyl (C=O) groups excluding carboxylic acids is 1. The van der Waals surface area contributed by atoms with E-state index < -0.39 is 0 Å². The van der Waals surface area contributed by atoms with Crippen molar-refractivity contribution < 1.29 is 9.53 Å². The molecule has 1 fully saturated rings. The Hall–Kier alpha value is -3.00. The predicted octanol–water partition coefficient (Wildman–Crippen LogP) is 3.33. The summed E-state index contributed by atoms with van der Waals surface area (Å²) in [6, 6.07) is 9.85. The van der Waals surface area contributed by atoms with Gasteiger partial charge < -0.3 is 15.0 Å². The van der Waals surface area contributed by atoms with Crippen LogP contribution in [0, 0.1) is 0 Å². The number of ether oxygens (including phenoxy) is 1. The second-order valence-corrected chi connectivity index (χ2v) is 7.99.